The Balaban J connectivity index is 0.000000810. The van der Waals surface area contributed by atoms with E-state index in [0.29, 0.717) is 5.56 Å². The lowest BCUT2D eigenvalue weighted by Crippen LogP contribution is -2.68. The molecule has 0 radical (unpaired) electrons. The molecule has 206 valence electrons. The molecule has 0 bridgehead atoms. The number of esters is 1. The Bertz CT molecular complexity index is 1330. The van der Waals surface area contributed by atoms with E-state index in [4.69, 9.17) is 35.0 Å². The first-order chi connectivity index (χ1) is 19.1. The molecule has 0 aliphatic heterocycles. The zero-order valence-electron chi connectivity index (χ0n) is 21.1. The van der Waals surface area contributed by atoms with E-state index in [9.17, 15) is 9.59 Å². The second kappa shape index (κ2) is 14.2. The van der Waals surface area contributed by atoms with Crippen LogP contribution in [0.5, 0.6) is 0 Å². The number of ether oxygens (including phenoxy) is 1. The van der Waals surface area contributed by atoms with Crippen LogP contribution in [-0.4, -0.2) is 19.0 Å². The molecule has 0 saturated carbocycles. The van der Waals surface area contributed by atoms with Crippen LogP contribution >= 0.6 is 18.9 Å². The van der Waals surface area contributed by atoms with Gasteiger partial charge < -0.3 is 10.1 Å². The van der Waals surface area contributed by atoms with E-state index in [1.165, 1.54) is 7.11 Å². The monoisotopic (exact) mass is 599 g/mol. The molecule has 0 atom stereocenters. The van der Waals surface area contributed by atoms with Gasteiger partial charge in [-0.25, -0.2) is 23.4 Å². The summed E-state index contributed by atoms with van der Waals surface area (Å²) < 4.78 is 39.3. The number of amides is 1. The van der Waals surface area contributed by atoms with Gasteiger partial charge in [-0.2, -0.15) is 0 Å². The number of methoxy groups -OCH3 is 1. The van der Waals surface area contributed by atoms with Crippen molar-refractivity contribution in [1.82, 2.24) is 5.32 Å². The van der Waals surface area contributed by atoms with Crippen LogP contribution < -0.4 is 39.9 Å². The Hall–Kier alpha value is -3.59. The number of hydrogen-bond donors (Lipinski definition) is 1. The molecule has 0 aliphatic carbocycles. The summed E-state index contributed by atoms with van der Waals surface area (Å²) in [5, 5.41) is 5.59. The van der Waals surface area contributed by atoms with E-state index >= 15 is 0 Å². The molecular weight excluding hydrogens is 576 g/mol. The second-order valence-corrected chi connectivity index (χ2v) is 12.8. The fraction of sp³-hybridized carbons (Fsp3) is 0.0345. The molecule has 0 unspecified atom stereocenters. The van der Waals surface area contributed by atoms with E-state index in [1.807, 2.05) is 97.1 Å². The maximum Gasteiger partial charge on any atom is 0.359 e. The van der Waals surface area contributed by atoms with Crippen LogP contribution in [0.2, 0.25) is 0 Å². The normalized spacial score (nSPS) is 11.8. The third-order valence-corrected chi connectivity index (χ3v) is 10.6. The summed E-state index contributed by atoms with van der Waals surface area (Å²) in [4.78, 5) is 26.2. The highest BCUT2D eigenvalue weighted by Crippen LogP contribution is 2.64. The highest BCUT2D eigenvalue weighted by Gasteiger charge is 2.52. The van der Waals surface area contributed by atoms with E-state index < -0.39 is 29.4 Å². The summed E-state index contributed by atoms with van der Waals surface area (Å²) in [5.41, 5.74) is 0.328. The van der Waals surface area contributed by atoms with E-state index in [1.54, 1.807) is 24.3 Å². The van der Waals surface area contributed by atoms with Crippen LogP contribution in [0.4, 0.5) is 0 Å². The van der Waals surface area contributed by atoms with Crippen molar-refractivity contribution in [1.29, 1.82) is 0 Å². The summed E-state index contributed by atoms with van der Waals surface area (Å²) >= 11 is 7.29. The van der Waals surface area contributed by atoms with E-state index in [2.05, 4.69) is 5.32 Å². The molecule has 11 heteroatoms. The van der Waals surface area contributed by atoms with Gasteiger partial charge in [-0.1, -0.05) is 72.8 Å². The van der Waals surface area contributed by atoms with Gasteiger partial charge in [-0.15, -0.1) is 10.2 Å². The summed E-state index contributed by atoms with van der Waals surface area (Å²) in [6, 6.07) is 38.2. The van der Waals surface area contributed by atoms with Crippen LogP contribution in [0.15, 0.2) is 132 Å². The van der Waals surface area contributed by atoms with Gasteiger partial charge in [0.1, 0.15) is 15.9 Å². The van der Waals surface area contributed by atoms with Gasteiger partial charge in [0.05, 0.1) is 7.11 Å². The van der Waals surface area contributed by atoms with Crippen molar-refractivity contribution >= 4 is 46.7 Å². The molecule has 1 amide bonds. The Morgan fingerprint density at radius 1 is 0.675 bits per heavy atom. The van der Waals surface area contributed by atoms with Crippen molar-refractivity contribution in [2.24, 2.45) is 0 Å². The molecule has 4 rings (SSSR count). The number of hydrogen-bond acceptors (Lipinski definition) is 7. The number of benzene rings is 4. The zero-order chi connectivity index (χ0) is 29.2. The molecule has 0 aromatic heterocycles. The first-order valence-electron chi connectivity index (χ1n) is 11.6. The van der Waals surface area contributed by atoms with Gasteiger partial charge in [0.25, 0.3) is 5.91 Å². The molecule has 0 spiro atoms. The van der Waals surface area contributed by atoms with Gasteiger partial charge in [-0.3, -0.25) is 4.79 Å². The quantitative estimate of drug-likeness (QED) is 0.182. The third kappa shape index (κ3) is 7.75. The summed E-state index contributed by atoms with van der Waals surface area (Å²) in [6.07, 6.45) is 0. The zero-order valence-corrected chi connectivity index (χ0v) is 23.5. The van der Waals surface area contributed by atoms with Crippen molar-refractivity contribution in [2.75, 3.05) is 7.11 Å². The summed E-state index contributed by atoms with van der Waals surface area (Å²) in [7, 11) is -6.46. The number of rotatable bonds is 7. The number of halogens is 2. The van der Waals surface area contributed by atoms with Crippen LogP contribution in [0.3, 0.4) is 0 Å². The Morgan fingerprint density at radius 2 is 1.00 bits per heavy atom. The third-order valence-electron chi connectivity index (χ3n) is 5.60. The molecule has 1 N–H and O–H groups in total. The van der Waals surface area contributed by atoms with Crippen LogP contribution in [0.1, 0.15) is 10.4 Å². The van der Waals surface area contributed by atoms with Crippen molar-refractivity contribution < 1.29 is 43.2 Å². The molecule has 4 aromatic carbocycles. The minimum absolute atomic E-state index is 0.0760. The van der Waals surface area contributed by atoms with Crippen LogP contribution in [0, 0.1) is 10.2 Å². The van der Waals surface area contributed by atoms with Gasteiger partial charge in [0, 0.05) is 5.56 Å². The Labute approximate surface area is 239 Å². The van der Waals surface area contributed by atoms with Crippen LogP contribution in [-0.2, 0) is 9.53 Å². The SMILES string of the molecule is COC(=O)/C(NC(=O)c1ccccc1)=C(\Cl)[P+](c1ccccc1)(c1ccccc1)c1ccccc1.[O-][Cl+3]([O-])([O-])[O-]. The minimum atomic E-state index is -4.94. The van der Waals surface area contributed by atoms with Gasteiger partial charge in [0.15, 0.2) is 13.0 Å². The summed E-state index contributed by atoms with van der Waals surface area (Å²) in [6.45, 7) is 0. The van der Waals surface area contributed by atoms with E-state index in [-0.39, 0.29) is 10.5 Å². The summed E-state index contributed by atoms with van der Waals surface area (Å²) in [5.74, 6) is -1.16. The van der Waals surface area contributed by atoms with Gasteiger partial charge in [0.2, 0.25) is 4.77 Å². The van der Waals surface area contributed by atoms with Crippen molar-refractivity contribution in [3.05, 3.63) is 137 Å². The fourth-order valence-electron chi connectivity index (χ4n) is 3.97. The first kappa shape index (κ1) is 30.9. The maximum atomic E-state index is 13.1. The largest absolute Gasteiger partial charge is 0.464 e. The molecule has 0 aliphatic rings. The lowest BCUT2D eigenvalue weighted by Gasteiger charge is -2.27. The van der Waals surface area contributed by atoms with Crippen molar-refractivity contribution in [2.45, 2.75) is 0 Å². The van der Waals surface area contributed by atoms with Gasteiger partial charge >= 0.3 is 5.97 Å². The molecule has 4 aromatic rings. The molecule has 0 saturated heterocycles. The fourth-order valence-corrected chi connectivity index (χ4v) is 8.89. The molecule has 0 fully saturated rings. The predicted octanol–water partition coefficient (Wildman–Crippen LogP) is 0.235. The Kier molecular flexibility index (Phi) is 11.0. The highest BCUT2D eigenvalue weighted by molar-refractivity contribution is 8.00. The number of nitrogens with one attached hydrogen (secondary N) is 1. The standard InChI is InChI=1S/C29H23ClNO3P.ClHO4/c1-34-29(33)26(31-28(32)22-14-6-2-7-15-22)27(30)35(23-16-8-3-9-17-23,24-18-10-4-11-19-24)25-20-12-5-13-21-25;2-1(3,4)5/h2-21H,1H3;(H,2,3,4,5)/b27-26-;. The average molecular weight is 600 g/mol. The Morgan fingerprint density at radius 3 is 1.32 bits per heavy atom. The molecular formula is C29H24Cl2NO7P. The van der Waals surface area contributed by atoms with E-state index in [0.717, 1.165) is 15.9 Å². The molecule has 8 nitrogen and oxygen atoms in total. The van der Waals surface area contributed by atoms with Gasteiger partial charge in [-0.05, 0) is 60.1 Å². The maximum absolute atomic E-state index is 13.1. The van der Waals surface area contributed by atoms with Crippen molar-refractivity contribution in [3.8, 4) is 0 Å². The molecule has 40 heavy (non-hydrogen) atoms. The topological polar surface area (TPSA) is 148 Å². The predicted molar refractivity (Wildman–Crippen MR) is 144 cm³/mol. The highest BCUT2D eigenvalue weighted by atomic mass is 35.7. The second-order valence-electron chi connectivity index (χ2n) is 8.03. The molecule has 0 heterocycles. The number of carbonyl (C=O) groups is 2. The van der Waals surface area contributed by atoms with Crippen LogP contribution in [0.25, 0.3) is 0 Å². The minimum Gasteiger partial charge on any atom is -0.464 e. The average Bonchev–Trinajstić information content (AvgIpc) is 2.97. The van der Waals surface area contributed by atoms with Crippen molar-refractivity contribution in [3.63, 3.8) is 0 Å². The lowest BCUT2D eigenvalue weighted by atomic mass is 10.2. The first-order valence-corrected chi connectivity index (χ1v) is 15.0. The number of carbonyl (C=O) groups excluding carboxylic acids is 2. The lowest BCUT2D eigenvalue weighted by molar-refractivity contribution is -2.00. The smallest absolute Gasteiger partial charge is 0.359 e.